The summed E-state index contributed by atoms with van der Waals surface area (Å²) in [5.74, 6) is 0.933. The molecule has 86 valence electrons. The summed E-state index contributed by atoms with van der Waals surface area (Å²) >= 11 is 5.09. The molecule has 1 aromatic rings. The zero-order chi connectivity index (χ0) is 11.5. The summed E-state index contributed by atoms with van der Waals surface area (Å²) in [5.41, 5.74) is 0.0785. The smallest absolute Gasteiger partial charge is 0.270 e. The molecule has 6 heteroatoms. The monoisotopic (exact) mass is 293 g/mol. The summed E-state index contributed by atoms with van der Waals surface area (Å²) in [6.07, 6.45) is 0. The van der Waals surface area contributed by atoms with Crippen LogP contribution in [-0.4, -0.2) is 25.8 Å². The molecule has 0 radical (unpaired) electrons. The number of aromatic nitrogens is 3. The number of hydrogen-bond acceptors (Lipinski definition) is 3. The van der Waals surface area contributed by atoms with Gasteiger partial charge in [0.2, 0.25) is 0 Å². The zero-order valence-electron chi connectivity index (χ0n) is 9.21. The lowest BCUT2D eigenvalue weighted by Crippen LogP contribution is -2.19. The average Bonchev–Trinajstić information content (AvgIpc) is 2.56. The molecule has 1 aromatic heterocycles. The highest BCUT2D eigenvalue weighted by molar-refractivity contribution is 9.09. The third-order valence-corrected chi connectivity index (χ3v) is 5.01. The number of halogens is 1. The van der Waals surface area contributed by atoms with Gasteiger partial charge in [0.05, 0.1) is 0 Å². The van der Waals surface area contributed by atoms with Crippen LogP contribution in [0.1, 0.15) is 20.8 Å². The number of H-pyrrole nitrogens is 1. The van der Waals surface area contributed by atoms with Crippen LogP contribution in [-0.2, 0) is 6.54 Å². The molecule has 0 aliphatic heterocycles. The fourth-order valence-electron chi connectivity index (χ4n) is 0.991. The van der Waals surface area contributed by atoms with Gasteiger partial charge in [-0.05, 0) is 12.3 Å². The van der Waals surface area contributed by atoms with Crippen molar-refractivity contribution in [2.75, 3.05) is 11.1 Å². The largest absolute Gasteiger partial charge is 0.343 e. The summed E-state index contributed by atoms with van der Waals surface area (Å²) in [4.78, 5) is 11.3. The first-order valence-corrected chi connectivity index (χ1v) is 6.95. The molecule has 0 spiro atoms. The molecule has 15 heavy (non-hydrogen) atoms. The zero-order valence-corrected chi connectivity index (χ0v) is 11.6. The molecule has 0 aliphatic carbocycles. The number of rotatable bonds is 5. The second-order valence-corrected chi connectivity index (χ2v) is 5.65. The highest BCUT2D eigenvalue weighted by atomic mass is 79.9. The van der Waals surface area contributed by atoms with Gasteiger partial charge in [-0.3, -0.25) is 4.57 Å². The third kappa shape index (κ3) is 3.38. The fourth-order valence-corrected chi connectivity index (χ4v) is 2.55. The van der Waals surface area contributed by atoms with E-state index in [2.05, 4.69) is 40.0 Å². The van der Waals surface area contributed by atoms with Crippen LogP contribution in [0.15, 0.2) is 9.95 Å². The molecule has 0 amide bonds. The Hall–Kier alpha value is -0.230. The van der Waals surface area contributed by atoms with Crippen molar-refractivity contribution < 1.29 is 0 Å². The van der Waals surface area contributed by atoms with Crippen molar-refractivity contribution in [3.05, 3.63) is 10.5 Å². The van der Waals surface area contributed by atoms with Gasteiger partial charge in [0.15, 0.2) is 5.16 Å². The molecular formula is C9H16BrN3OS. The molecule has 0 saturated carbocycles. The molecule has 1 N–H and O–H groups in total. The van der Waals surface area contributed by atoms with E-state index < -0.39 is 0 Å². The van der Waals surface area contributed by atoms with Gasteiger partial charge in [0, 0.05) is 17.6 Å². The van der Waals surface area contributed by atoms with Gasteiger partial charge in [-0.2, -0.15) is 0 Å². The van der Waals surface area contributed by atoms with E-state index in [-0.39, 0.29) is 11.1 Å². The number of nitrogens with one attached hydrogen (secondary N) is 1. The summed E-state index contributed by atoms with van der Waals surface area (Å²) in [6.45, 7) is 6.95. The minimum absolute atomic E-state index is 0.128. The number of hydrogen-bond donors (Lipinski definition) is 1. The molecule has 1 rings (SSSR count). The Labute approximate surface area is 102 Å². The quantitative estimate of drug-likeness (QED) is 0.668. The van der Waals surface area contributed by atoms with E-state index in [4.69, 9.17) is 0 Å². The van der Waals surface area contributed by atoms with Crippen LogP contribution >= 0.6 is 27.7 Å². The van der Waals surface area contributed by atoms with Gasteiger partial charge < -0.3 is 0 Å². The molecule has 0 atom stereocenters. The van der Waals surface area contributed by atoms with Gasteiger partial charge in [-0.15, -0.1) is 5.10 Å². The van der Waals surface area contributed by atoms with E-state index in [1.54, 1.807) is 16.3 Å². The molecule has 0 saturated heterocycles. The van der Waals surface area contributed by atoms with E-state index in [9.17, 15) is 4.79 Å². The molecule has 0 aliphatic rings. The first-order chi connectivity index (χ1) is 7.00. The van der Waals surface area contributed by atoms with Crippen molar-refractivity contribution in [2.45, 2.75) is 32.5 Å². The van der Waals surface area contributed by atoms with Crippen LogP contribution in [0, 0.1) is 5.41 Å². The predicted octanol–water partition coefficient (Wildman–Crippen LogP) is 2.10. The van der Waals surface area contributed by atoms with Crippen LogP contribution in [0.5, 0.6) is 0 Å². The van der Waals surface area contributed by atoms with E-state index in [0.717, 1.165) is 16.2 Å². The van der Waals surface area contributed by atoms with Gasteiger partial charge in [-0.25, -0.2) is 9.89 Å². The maximum atomic E-state index is 11.3. The lowest BCUT2D eigenvalue weighted by Gasteiger charge is -2.20. The summed E-state index contributed by atoms with van der Waals surface area (Å²) in [6, 6.07) is 0. The summed E-state index contributed by atoms with van der Waals surface area (Å²) in [7, 11) is 0. The second kappa shape index (κ2) is 5.21. The topological polar surface area (TPSA) is 50.7 Å². The van der Waals surface area contributed by atoms with E-state index >= 15 is 0 Å². The number of aromatic amines is 1. The SMILES string of the molecule is CCn1c(SCC(C)(C)CBr)n[nH]c1=O. The van der Waals surface area contributed by atoms with Crippen LogP contribution < -0.4 is 5.69 Å². The summed E-state index contributed by atoms with van der Waals surface area (Å²) < 4.78 is 1.65. The molecule has 0 fully saturated rings. The molecule has 0 aromatic carbocycles. The van der Waals surface area contributed by atoms with E-state index in [1.165, 1.54) is 0 Å². The number of alkyl halides is 1. The Bertz CT molecular complexity index is 372. The Morgan fingerprint density at radius 3 is 2.80 bits per heavy atom. The molecule has 0 unspecified atom stereocenters. The van der Waals surface area contributed by atoms with Crippen molar-refractivity contribution in [3.63, 3.8) is 0 Å². The highest BCUT2D eigenvalue weighted by Gasteiger charge is 2.18. The Kier molecular flexibility index (Phi) is 4.45. The van der Waals surface area contributed by atoms with Gasteiger partial charge >= 0.3 is 5.69 Å². The van der Waals surface area contributed by atoms with E-state index in [0.29, 0.717) is 6.54 Å². The number of nitrogens with zero attached hydrogens (tertiary/aromatic N) is 2. The van der Waals surface area contributed by atoms with Crippen molar-refractivity contribution >= 4 is 27.7 Å². The fraction of sp³-hybridized carbons (Fsp3) is 0.778. The predicted molar refractivity (Wildman–Crippen MR) is 66.8 cm³/mol. The summed E-state index contributed by atoms with van der Waals surface area (Å²) in [5, 5.41) is 8.18. The van der Waals surface area contributed by atoms with Crippen LogP contribution in [0.4, 0.5) is 0 Å². The van der Waals surface area contributed by atoms with Crippen molar-refractivity contribution in [2.24, 2.45) is 5.41 Å². The Morgan fingerprint density at radius 1 is 1.60 bits per heavy atom. The second-order valence-electron chi connectivity index (χ2n) is 4.14. The molecule has 0 bridgehead atoms. The van der Waals surface area contributed by atoms with Crippen molar-refractivity contribution in [1.29, 1.82) is 0 Å². The highest BCUT2D eigenvalue weighted by Crippen LogP contribution is 2.27. The maximum absolute atomic E-state index is 11.3. The molecule has 4 nitrogen and oxygen atoms in total. The minimum Gasteiger partial charge on any atom is -0.270 e. The van der Waals surface area contributed by atoms with Gasteiger partial charge in [0.25, 0.3) is 0 Å². The molecular weight excluding hydrogens is 278 g/mol. The van der Waals surface area contributed by atoms with Crippen LogP contribution in [0.3, 0.4) is 0 Å². The third-order valence-electron chi connectivity index (χ3n) is 1.99. The lowest BCUT2D eigenvalue weighted by atomic mass is 10.0. The molecule has 1 heterocycles. The normalized spacial score (nSPS) is 12.0. The standard InChI is InChI=1S/C9H16BrN3OS/c1-4-13-7(14)11-12-8(13)15-6-9(2,3)5-10/h4-6H2,1-3H3,(H,11,14). The minimum atomic E-state index is -0.128. The van der Waals surface area contributed by atoms with Crippen molar-refractivity contribution in [3.8, 4) is 0 Å². The van der Waals surface area contributed by atoms with Crippen molar-refractivity contribution in [1.82, 2.24) is 14.8 Å². The Balaban J connectivity index is 2.69. The maximum Gasteiger partial charge on any atom is 0.343 e. The first kappa shape index (κ1) is 12.8. The number of thioether (sulfide) groups is 1. The van der Waals surface area contributed by atoms with Crippen LogP contribution in [0.2, 0.25) is 0 Å². The van der Waals surface area contributed by atoms with E-state index in [1.807, 2.05) is 6.92 Å². The average molecular weight is 294 g/mol. The van der Waals surface area contributed by atoms with Gasteiger partial charge in [-0.1, -0.05) is 41.5 Å². The van der Waals surface area contributed by atoms with Crippen LogP contribution in [0.25, 0.3) is 0 Å². The first-order valence-electron chi connectivity index (χ1n) is 4.84. The lowest BCUT2D eigenvalue weighted by molar-refractivity contribution is 0.495. The van der Waals surface area contributed by atoms with Gasteiger partial charge in [0.1, 0.15) is 0 Å². The Morgan fingerprint density at radius 2 is 2.27 bits per heavy atom.